The number of allylic oxidation sites excluding steroid dienone is 2. The molecule has 0 amide bonds. The van der Waals surface area contributed by atoms with Crippen LogP contribution in [0.3, 0.4) is 0 Å². The van der Waals surface area contributed by atoms with E-state index in [0.717, 1.165) is 51.4 Å². The lowest BCUT2D eigenvalue weighted by Gasteiger charge is -2.20. The second-order valence-electron chi connectivity index (χ2n) is 17.2. The Morgan fingerprint density at radius 2 is 0.864 bits per heavy atom. The summed E-state index contributed by atoms with van der Waals surface area (Å²) in [5.41, 5.74) is 0. The molecule has 0 radical (unpaired) electrons. The Hall–Kier alpha value is -0.800. The van der Waals surface area contributed by atoms with Crippen molar-refractivity contribution in [3.63, 3.8) is 0 Å². The third kappa shape index (κ3) is 46.5. The highest BCUT2D eigenvalue weighted by molar-refractivity contribution is 7.47. The van der Waals surface area contributed by atoms with Crippen molar-refractivity contribution in [2.24, 2.45) is 0 Å². The first-order chi connectivity index (χ1) is 28.8. The van der Waals surface area contributed by atoms with Crippen LogP contribution >= 0.6 is 7.82 Å². The Morgan fingerprint density at radius 1 is 0.508 bits per heavy atom. The van der Waals surface area contributed by atoms with Crippen molar-refractivity contribution in [2.45, 2.75) is 264 Å². The minimum atomic E-state index is -4.52. The van der Waals surface area contributed by atoms with Gasteiger partial charge in [-0.2, -0.15) is 0 Å². The molecule has 0 aromatic rings. The highest BCUT2D eigenvalue weighted by Gasteiger charge is 2.26. The van der Waals surface area contributed by atoms with Gasteiger partial charge in [0.05, 0.1) is 26.4 Å². The highest BCUT2D eigenvalue weighted by atomic mass is 31.2. The van der Waals surface area contributed by atoms with Crippen LogP contribution in [0.1, 0.15) is 251 Å². The molecule has 9 nitrogen and oxygen atoms in total. The Labute approximate surface area is 364 Å². The third-order valence-corrected chi connectivity index (χ3v) is 12.2. The molecule has 0 spiro atoms. The van der Waals surface area contributed by atoms with Crippen LogP contribution < -0.4 is 0 Å². The first-order valence-corrected chi connectivity index (χ1v) is 26.7. The highest BCUT2D eigenvalue weighted by Crippen LogP contribution is 2.43. The van der Waals surface area contributed by atoms with Crippen LogP contribution in [0.5, 0.6) is 0 Å². The van der Waals surface area contributed by atoms with Gasteiger partial charge in [-0.15, -0.1) is 0 Å². The van der Waals surface area contributed by atoms with Crippen molar-refractivity contribution >= 4 is 13.8 Å². The van der Waals surface area contributed by atoms with E-state index in [2.05, 4.69) is 26.0 Å². The van der Waals surface area contributed by atoms with Crippen molar-refractivity contribution in [1.82, 2.24) is 0 Å². The fourth-order valence-corrected chi connectivity index (χ4v) is 8.14. The Balaban J connectivity index is 3.98. The van der Waals surface area contributed by atoms with Gasteiger partial charge in [-0.25, -0.2) is 4.57 Å². The van der Waals surface area contributed by atoms with Gasteiger partial charge >= 0.3 is 13.8 Å². The van der Waals surface area contributed by atoms with Crippen molar-refractivity contribution in [2.75, 3.05) is 33.0 Å². The van der Waals surface area contributed by atoms with Gasteiger partial charge in [-0.1, -0.05) is 219 Å². The standard InChI is InChI=1S/C49H97O9P/c1-3-5-7-9-11-13-15-17-19-20-21-22-23-24-25-26-27-28-30-32-34-36-38-40-42-55-45-48(46-57-59(53,54)56-44-47(51)43-50)58-49(52)41-39-37-35-33-31-29-18-16-14-12-10-8-6-4-2/h16,18,47-48,50-51H,3-15,17,19-46H2,1-2H3,(H,53,54)/b18-16-. The second kappa shape index (κ2) is 46.7. The van der Waals surface area contributed by atoms with Gasteiger partial charge in [0, 0.05) is 13.0 Å². The lowest BCUT2D eigenvalue weighted by Crippen LogP contribution is -2.29. The van der Waals surface area contributed by atoms with E-state index in [1.807, 2.05) is 0 Å². The summed E-state index contributed by atoms with van der Waals surface area (Å²) >= 11 is 0. The largest absolute Gasteiger partial charge is 0.472 e. The first kappa shape index (κ1) is 58.2. The summed E-state index contributed by atoms with van der Waals surface area (Å²) in [6.45, 7) is 3.56. The van der Waals surface area contributed by atoms with E-state index in [9.17, 15) is 19.4 Å². The smallest absolute Gasteiger partial charge is 0.457 e. The molecule has 0 aliphatic rings. The van der Waals surface area contributed by atoms with Crippen LogP contribution in [0, 0.1) is 0 Å². The van der Waals surface area contributed by atoms with Crippen LogP contribution in [0.2, 0.25) is 0 Å². The fraction of sp³-hybridized carbons (Fsp3) is 0.939. The van der Waals surface area contributed by atoms with Gasteiger partial charge in [0.2, 0.25) is 0 Å². The fourth-order valence-electron chi connectivity index (χ4n) is 7.35. The van der Waals surface area contributed by atoms with E-state index in [0.29, 0.717) is 6.61 Å². The number of phosphoric acid groups is 1. The lowest BCUT2D eigenvalue weighted by atomic mass is 10.0. The zero-order valence-electron chi connectivity index (χ0n) is 38.7. The minimum Gasteiger partial charge on any atom is -0.457 e. The number of aliphatic hydroxyl groups excluding tert-OH is 2. The molecule has 3 unspecified atom stereocenters. The number of rotatable bonds is 49. The summed E-state index contributed by atoms with van der Waals surface area (Å²) in [7, 11) is -4.52. The quantitative estimate of drug-likeness (QED) is 0.0237. The Kier molecular flexibility index (Phi) is 46.1. The molecular formula is C49H97O9P. The predicted octanol–water partition coefficient (Wildman–Crippen LogP) is 14.4. The molecule has 352 valence electrons. The summed E-state index contributed by atoms with van der Waals surface area (Å²) in [4.78, 5) is 22.6. The number of unbranched alkanes of at least 4 members (excludes halogenated alkanes) is 33. The molecule has 3 N–H and O–H groups in total. The number of esters is 1. The van der Waals surface area contributed by atoms with Crippen LogP contribution in [0.25, 0.3) is 0 Å². The molecular weight excluding hydrogens is 764 g/mol. The number of ether oxygens (including phenoxy) is 2. The van der Waals surface area contributed by atoms with Gasteiger partial charge in [0.1, 0.15) is 12.2 Å². The average molecular weight is 861 g/mol. The monoisotopic (exact) mass is 861 g/mol. The normalized spacial score (nSPS) is 13.9. The molecule has 0 rings (SSSR count). The number of carbonyl (C=O) groups excluding carboxylic acids is 1. The molecule has 3 atom stereocenters. The molecule has 0 bridgehead atoms. The third-order valence-electron chi connectivity index (χ3n) is 11.2. The molecule has 0 saturated heterocycles. The summed E-state index contributed by atoms with van der Waals surface area (Å²) in [5, 5.41) is 18.4. The second-order valence-corrected chi connectivity index (χ2v) is 18.6. The molecule has 0 aromatic heterocycles. The van der Waals surface area contributed by atoms with E-state index in [4.69, 9.17) is 23.6 Å². The van der Waals surface area contributed by atoms with Crippen LogP contribution in [-0.4, -0.2) is 66.3 Å². The summed E-state index contributed by atoms with van der Waals surface area (Å²) in [5.74, 6) is -0.386. The number of carbonyl (C=O) groups is 1. The molecule has 0 fully saturated rings. The number of aliphatic hydroxyl groups is 2. The maximum atomic E-state index is 12.6. The Morgan fingerprint density at radius 3 is 1.27 bits per heavy atom. The summed E-state index contributed by atoms with van der Waals surface area (Å²) in [6.07, 6.45) is 49.0. The molecule has 0 heterocycles. The van der Waals surface area contributed by atoms with E-state index in [-0.39, 0.29) is 25.6 Å². The number of phosphoric ester groups is 1. The maximum Gasteiger partial charge on any atom is 0.472 e. The topological polar surface area (TPSA) is 132 Å². The van der Waals surface area contributed by atoms with E-state index >= 15 is 0 Å². The van der Waals surface area contributed by atoms with Crippen LogP contribution in [-0.2, 0) is 27.9 Å². The molecule has 10 heteroatoms. The molecule has 0 aromatic carbocycles. The van der Waals surface area contributed by atoms with Gasteiger partial charge in [0.15, 0.2) is 0 Å². The van der Waals surface area contributed by atoms with Gasteiger partial charge in [-0.05, 0) is 38.5 Å². The predicted molar refractivity (Wildman–Crippen MR) is 247 cm³/mol. The van der Waals surface area contributed by atoms with Crippen LogP contribution in [0.4, 0.5) is 0 Å². The first-order valence-electron chi connectivity index (χ1n) is 25.2. The number of hydrogen-bond donors (Lipinski definition) is 3. The van der Waals surface area contributed by atoms with Crippen molar-refractivity contribution in [1.29, 1.82) is 0 Å². The molecule has 0 saturated carbocycles. The Bertz CT molecular complexity index is 933. The lowest BCUT2D eigenvalue weighted by molar-refractivity contribution is -0.154. The van der Waals surface area contributed by atoms with E-state index in [1.165, 1.54) is 180 Å². The number of hydrogen-bond acceptors (Lipinski definition) is 8. The zero-order valence-corrected chi connectivity index (χ0v) is 39.6. The van der Waals surface area contributed by atoms with Crippen molar-refractivity contribution < 1.29 is 43.0 Å². The van der Waals surface area contributed by atoms with Gasteiger partial charge in [0.25, 0.3) is 0 Å². The van der Waals surface area contributed by atoms with Gasteiger partial charge in [-0.3, -0.25) is 13.8 Å². The van der Waals surface area contributed by atoms with E-state index in [1.54, 1.807) is 0 Å². The average Bonchev–Trinajstić information content (AvgIpc) is 3.23. The summed E-state index contributed by atoms with van der Waals surface area (Å²) < 4.78 is 33.5. The van der Waals surface area contributed by atoms with Crippen LogP contribution in [0.15, 0.2) is 12.2 Å². The summed E-state index contributed by atoms with van der Waals surface area (Å²) in [6, 6.07) is 0. The van der Waals surface area contributed by atoms with Crippen molar-refractivity contribution in [3.8, 4) is 0 Å². The molecule has 0 aliphatic heterocycles. The van der Waals surface area contributed by atoms with Gasteiger partial charge < -0.3 is 24.6 Å². The van der Waals surface area contributed by atoms with Crippen molar-refractivity contribution in [3.05, 3.63) is 12.2 Å². The SMILES string of the molecule is CCCCCCC/C=C\CCCCCCCC(=O)OC(COCCCCCCCCCCCCCCCCCCCCCCCCCC)COP(=O)(O)OCC(O)CO. The molecule has 59 heavy (non-hydrogen) atoms. The van der Waals surface area contributed by atoms with E-state index < -0.39 is 33.2 Å². The molecule has 0 aliphatic carbocycles. The maximum absolute atomic E-state index is 12.6. The minimum absolute atomic E-state index is 0.0522. The zero-order chi connectivity index (χ0) is 43.2.